The normalized spacial score (nSPS) is 21.0. The molecule has 3 heterocycles. The molecule has 0 N–H and O–H groups in total. The van der Waals surface area contributed by atoms with Gasteiger partial charge in [-0.3, -0.25) is 24.1 Å². The molecule has 2 saturated heterocycles. The van der Waals surface area contributed by atoms with Crippen molar-refractivity contribution in [1.82, 2.24) is 14.7 Å². The maximum atomic E-state index is 12.7. The van der Waals surface area contributed by atoms with Gasteiger partial charge < -0.3 is 9.80 Å². The van der Waals surface area contributed by atoms with Crippen LogP contribution in [-0.2, 0) is 9.59 Å². The minimum absolute atomic E-state index is 0.0277. The zero-order chi connectivity index (χ0) is 21.4. The third kappa shape index (κ3) is 3.92. The Balaban J connectivity index is 1.34. The van der Waals surface area contributed by atoms with Crippen molar-refractivity contribution < 1.29 is 19.2 Å². The van der Waals surface area contributed by atoms with Crippen molar-refractivity contribution in [3.05, 3.63) is 33.3 Å². The number of hydrogen-bond donors (Lipinski definition) is 0. The van der Waals surface area contributed by atoms with Crippen LogP contribution in [0.2, 0.25) is 10.0 Å². The standard InChI is InChI=1S/C20H21Cl2N3O4S/c21-14-8-12-13(9-15(14)22)19(28)24(18(12)27)7-3-4-17(26)25-11-30-10-16(25)20(29)23-5-1-2-6-23/h8-9,16H,1-7,10-11H2/t16-/m0/s1. The number of imide groups is 1. The molecule has 160 valence electrons. The Bertz CT molecular complexity index is 879. The molecule has 0 aliphatic carbocycles. The number of likely N-dealkylation sites (tertiary alicyclic amines) is 1. The first-order valence-electron chi connectivity index (χ1n) is 9.89. The van der Waals surface area contributed by atoms with Gasteiger partial charge in [-0.05, 0) is 31.4 Å². The van der Waals surface area contributed by atoms with Gasteiger partial charge >= 0.3 is 0 Å². The van der Waals surface area contributed by atoms with Crippen molar-refractivity contribution in [2.45, 2.75) is 31.7 Å². The molecule has 7 nitrogen and oxygen atoms in total. The first kappa shape index (κ1) is 21.5. The molecule has 2 fully saturated rings. The number of halogens is 2. The molecule has 0 bridgehead atoms. The Morgan fingerprint density at radius 1 is 1.03 bits per heavy atom. The molecule has 4 amide bonds. The lowest BCUT2D eigenvalue weighted by Crippen LogP contribution is -2.48. The highest BCUT2D eigenvalue weighted by molar-refractivity contribution is 7.99. The molecule has 0 aromatic heterocycles. The van der Waals surface area contributed by atoms with E-state index in [4.69, 9.17) is 23.2 Å². The number of thioether (sulfide) groups is 1. The van der Waals surface area contributed by atoms with E-state index < -0.39 is 17.9 Å². The van der Waals surface area contributed by atoms with Gasteiger partial charge in [-0.25, -0.2) is 0 Å². The highest BCUT2D eigenvalue weighted by Gasteiger charge is 2.38. The predicted molar refractivity (Wildman–Crippen MR) is 115 cm³/mol. The Kier molecular flexibility index (Phi) is 6.27. The lowest BCUT2D eigenvalue weighted by atomic mass is 10.1. The Hall–Kier alpha value is -1.77. The van der Waals surface area contributed by atoms with E-state index in [9.17, 15) is 19.2 Å². The smallest absolute Gasteiger partial charge is 0.261 e. The summed E-state index contributed by atoms with van der Waals surface area (Å²) in [6, 6.07) is 2.39. The molecule has 3 aliphatic rings. The number of rotatable bonds is 5. The van der Waals surface area contributed by atoms with Crippen LogP contribution in [0.4, 0.5) is 0 Å². The summed E-state index contributed by atoms with van der Waals surface area (Å²) in [5, 5.41) is 0.433. The summed E-state index contributed by atoms with van der Waals surface area (Å²) in [5.74, 6) is 0.147. The topological polar surface area (TPSA) is 78.0 Å². The van der Waals surface area contributed by atoms with Crippen LogP contribution in [-0.4, -0.2) is 75.6 Å². The second-order valence-corrected chi connectivity index (χ2v) is 9.40. The largest absolute Gasteiger partial charge is 0.341 e. The molecule has 10 heteroatoms. The van der Waals surface area contributed by atoms with Gasteiger partial charge in [-0.2, -0.15) is 0 Å². The minimum atomic E-state index is -0.431. The van der Waals surface area contributed by atoms with E-state index in [1.807, 2.05) is 4.90 Å². The van der Waals surface area contributed by atoms with E-state index in [1.165, 1.54) is 12.1 Å². The number of carbonyl (C=O) groups is 4. The maximum Gasteiger partial charge on any atom is 0.261 e. The van der Waals surface area contributed by atoms with Crippen LogP contribution < -0.4 is 0 Å². The molecule has 30 heavy (non-hydrogen) atoms. The molecule has 3 aliphatic heterocycles. The Labute approximate surface area is 188 Å². The van der Waals surface area contributed by atoms with Gasteiger partial charge in [0.2, 0.25) is 11.8 Å². The van der Waals surface area contributed by atoms with Gasteiger partial charge in [-0.1, -0.05) is 23.2 Å². The lowest BCUT2D eigenvalue weighted by Gasteiger charge is -2.27. The highest BCUT2D eigenvalue weighted by atomic mass is 35.5. The molecule has 0 spiro atoms. The number of nitrogens with zero attached hydrogens (tertiary/aromatic N) is 3. The van der Waals surface area contributed by atoms with Crippen LogP contribution in [0, 0.1) is 0 Å². The summed E-state index contributed by atoms with van der Waals surface area (Å²) in [5.41, 5.74) is 0.459. The predicted octanol–water partition coefficient (Wildman–Crippen LogP) is 2.89. The van der Waals surface area contributed by atoms with Gasteiger partial charge in [0.25, 0.3) is 11.8 Å². The third-order valence-electron chi connectivity index (χ3n) is 5.69. The second-order valence-electron chi connectivity index (χ2n) is 7.59. The van der Waals surface area contributed by atoms with Gasteiger partial charge in [0.05, 0.1) is 27.0 Å². The van der Waals surface area contributed by atoms with Crippen molar-refractivity contribution in [3.63, 3.8) is 0 Å². The number of hydrogen-bond acceptors (Lipinski definition) is 5. The first-order valence-corrected chi connectivity index (χ1v) is 11.8. The van der Waals surface area contributed by atoms with Crippen LogP contribution in [0.15, 0.2) is 12.1 Å². The van der Waals surface area contributed by atoms with E-state index in [0.717, 1.165) is 30.8 Å². The van der Waals surface area contributed by atoms with Crippen LogP contribution in [0.5, 0.6) is 0 Å². The third-order valence-corrected chi connectivity index (χ3v) is 7.42. The average molecular weight is 470 g/mol. The van der Waals surface area contributed by atoms with Crippen LogP contribution in [0.3, 0.4) is 0 Å². The Morgan fingerprint density at radius 3 is 2.23 bits per heavy atom. The highest BCUT2D eigenvalue weighted by Crippen LogP contribution is 2.32. The first-order chi connectivity index (χ1) is 14.4. The molecule has 1 aromatic carbocycles. The van der Waals surface area contributed by atoms with E-state index in [1.54, 1.807) is 16.7 Å². The van der Waals surface area contributed by atoms with Crippen LogP contribution in [0.1, 0.15) is 46.4 Å². The van der Waals surface area contributed by atoms with Crippen molar-refractivity contribution in [1.29, 1.82) is 0 Å². The maximum absolute atomic E-state index is 12.7. The molecule has 0 radical (unpaired) electrons. The minimum Gasteiger partial charge on any atom is -0.341 e. The van der Waals surface area contributed by atoms with E-state index >= 15 is 0 Å². The zero-order valence-corrected chi connectivity index (χ0v) is 18.6. The summed E-state index contributed by atoms with van der Waals surface area (Å²) >= 11 is 13.5. The molecular formula is C20H21Cl2N3O4S. The molecule has 1 aromatic rings. The van der Waals surface area contributed by atoms with Gasteiger partial charge in [0.1, 0.15) is 6.04 Å². The summed E-state index contributed by atoms with van der Waals surface area (Å²) in [7, 11) is 0. The van der Waals surface area contributed by atoms with Crippen molar-refractivity contribution in [3.8, 4) is 0 Å². The summed E-state index contributed by atoms with van der Waals surface area (Å²) in [6.45, 7) is 1.64. The fraction of sp³-hybridized carbons (Fsp3) is 0.500. The van der Waals surface area contributed by atoms with Gasteiger partial charge in [0, 0.05) is 31.8 Å². The van der Waals surface area contributed by atoms with Gasteiger partial charge in [0.15, 0.2) is 0 Å². The Morgan fingerprint density at radius 2 is 1.63 bits per heavy atom. The van der Waals surface area contributed by atoms with E-state index in [0.29, 0.717) is 18.1 Å². The zero-order valence-electron chi connectivity index (χ0n) is 16.2. The summed E-state index contributed by atoms with van der Waals surface area (Å²) in [4.78, 5) is 55.1. The van der Waals surface area contributed by atoms with E-state index in [2.05, 4.69) is 0 Å². The molecule has 1 atom stereocenters. The fourth-order valence-electron chi connectivity index (χ4n) is 4.06. The quantitative estimate of drug-likeness (QED) is 0.619. The lowest BCUT2D eigenvalue weighted by molar-refractivity contribution is -0.142. The van der Waals surface area contributed by atoms with Crippen LogP contribution >= 0.6 is 35.0 Å². The SMILES string of the molecule is O=C([C@@H]1CSCN1C(=O)CCCN1C(=O)c2cc(Cl)c(Cl)cc2C1=O)N1CCCC1. The number of benzene rings is 1. The fourth-order valence-corrected chi connectivity index (χ4v) is 5.56. The molecule has 4 rings (SSSR count). The second kappa shape index (κ2) is 8.77. The molecular weight excluding hydrogens is 449 g/mol. The number of carbonyl (C=O) groups excluding carboxylic acids is 4. The van der Waals surface area contributed by atoms with Crippen molar-refractivity contribution in [2.75, 3.05) is 31.3 Å². The number of amides is 4. The van der Waals surface area contributed by atoms with Crippen LogP contribution in [0.25, 0.3) is 0 Å². The van der Waals surface area contributed by atoms with Gasteiger partial charge in [-0.15, -0.1) is 11.8 Å². The summed E-state index contributed by atoms with van der Waals surface area (Å²) < 4.78 is 0. The summed E-state index contributed by atoms with van der Waals surface area (Å²) in [6.07, 6.45) is 2.52. The molecule has 0 unspecified atom stereocenters. The van der Waals surface area contributed by atoms with Crippen molar-refractivity contribution >= 4 is 58.6 Å². The monoisotopic (exact) mass is 469 g/mol. The number of fused-ring (bicyclic) bond motifs is 1. The molecule has 0 saturated carbocycles. The average Bonchev–Trinajstić information content (AvgIpc) is 3.46. The van der Waals surface area contributed by atoms with Crippen molar-refractivity contribution in [2.24, 2.45) is 0 Å². The van der Waals surface area contributed by atoms with E-state index in [-0.39, 0.29) is 46.0 Å².